The molecule has 3 aromatic heterocycles. The van der Waals surface area contributed by atoms with Gasteiger partial charge >= 0.3 is 0 Å². The number of benzene rings is 1. The quantitative estimate of drug-likeness (QED) is 0.302. The highest BCUT2D eigenvalue weighted by Gasteiger charge is 2.30. The van der Waals surface area contributed by atoms with Gasteiger partial charge in [-0.3, -0.25) is 19.9 Å². The second kappa shape index (κ2) is 8.99. The number of anilines is 3. The first kappa shape index (κ1) is 21.5. The maximum Gasteiger partial charge on any atom is 0.276 e. The average molecular weight is 470 g/mol. The van der Waals surface area contributed by atoms with Crippen LogP contribution < -0.4 is 15.5 Å². The van der Waals surface area contributed by atoms with Crippen LogP contribution in [0.5, 0.6) is 0 Å². The highest BCUT2D eigenvalue weighted by atomic mass is 16.3. The normalized spacial score (nSPS) is 16.4. The zero-order chi connectivity index (χ0) is 23.8. The van der Waals surface area contributed by atoms with Gasteiger partial charge in [-0.1, -0.05) is 6.07 Å². The van der Waals surface area contributed by atoms with E-state index in [9.17, 15) is 9.90 Å². The Morgan fingerprint density at radius 2 is 1.89 bits per heavy atom. The second-order valence-corrected chi connectivity index (χ2v) is 9.26. The predicted octanol–water partition coefficient (Wildman–Crippen LogP) is 4.01. The molecule has 4 aromatic rings. The maximum atomic E-state index is 13.2. The van der Waals surface area contributed by atoms with Crippen LogP contribution in [0.3, 0.4) is 0 Å². The van der Waals surface area contributed by atoms with Gasteiger partial charge in [0.2, 0.25) is 0 Å². The average Bonchev–Trinajstić information content (AvgIpc) is 3.42. The standard InChI is InChI=1S/C26H27N7O2/c34-25(16-3-4-16)29-22-7-8-27-15-23(22)30-26(35)24-20-12-17(5-6-21(20)31-32-24)18-11-19(14-28-13-18)33-9-1-2-10-33/h5-8,11-16,25,34H,1-4,9-10H2,(H,27,29)(H,30,35)(H,31,32). The lowest BCUT2D eigenvalue weighted by molar-refractivity contribution is 0.102. The molecule has 1 aliphatic heterocycles. The van der Waals surface area contributed by atoms with Crippen molar-refractivity contribution >= 4 is 33.9 Å². The third-order valence-corrected chi connectivity index (χ3v) is 6.75. The molecule has 4 heterocycles. The summed E-state index contributed by atoms with van der Waals surface area (Å²) in [6, 6.07) is 9.80. The first-order valence-electron chi connectivity index (χ1n) is 12.0. The highest BCUT2D eigenvalue weighted by Crippen LogP contribution is 2.34. The van der Waals surface area contributed by atoms with Crippen LogP contribution in [0.15, 0.2) is 55.1 Å². The van der Waals surface area contributed by atoms with Crippen molar-refractivity contribution in [1.82, 2.24) is 20.2 Å². The molecule has 35 heavy (non-hydrogen) atoms. The number of hydrogen-bond donors (Lipinski definition) is 4. The summed E-state index contributed by atoms with van der Waals surface area (Å²) in [4.78, 5) is 24.2. The smallest absolute Gasteiger partial charge is 0.276 e. The number of aliphatic hydroxyl groups excluding tert-OH is 1. The first-order valence-corrected chi connectivity index (χ1v) is 12.0. The number of carbonyl (C=O) groups excluding carboxylic acids is 1. The maximum absolute atomic E-state index is 13.2. The lowest BCUT2D eigenvalue weighted by atomic mass is 10.0. The molecule has 1 amide bonds. The number of nitrogens with zero attached hydrogens (tertiary/aromatic N) is 4. The van der Waals surface area contributed by atoms with Gasteiger partial charge in [0.15, 0.2) is 5.69 Å². The number of aliphatic hydroxyl groups is 1. The molecule has 9 heteroatoms. The molecule has 9 nitrogen and oxygen atoms in total. The summed E-state index contributed by atoms with van der Waals surface area (Å²) in [5.41, 5.74) is 5.27. The van der Waals surface area contributed by atoms with E-state index in [-0.39, 0.29) is 11.8 Å². The molecule has 0 spiro atoms. The number of nitrogens with one attached hydrogen (secondary N) is 3. The van der Waals surface area contributed by atoms with Crippen molar-refractivity contribution < 1.29 is 9.90 Å². The number of amides is 1. The first-order chi connectivity index (χ1) is 17.2. The largest absolute Gasteiger partial charge is 0.374 e. The second-order valence-electron chi connectivity index (χ2n) is 9.26. The Hall–Kier alpha value is -3.98. The molecule has 2 aliphatic rings. The summed E-state index contributed by atoms with van der Waals surface area (Å²) in [6.45, 7) is 2.11. The van der Waals surface area contributed by atoms with E-state index in [0.717, 1.165) is 53.6 Å². The van der Waals surface area contributed by atoms with Crippen molar-refractivity contribution in [3.63, 3.8) is 0 Å². The highest BCUT2D eigenvalue weighted by molar-refractivity contribution is 6.12. The van der Waals surface area contributed by atoms with E-state index >= 15 is 0 Å². The number of rotatable bonds is 7. The van der Waals surface area contributed by atoms with Gasteiger partial charge in [-0.2, -0.15) is 5.10 Å². The van der Waals surface area contributed by atoms with Gasteiger partial charge in [0.25, 0.3) is 5.91 Å². The van der Waals surface area contributed by atoms with Crippen LogP contribution in [0.2, 0.25) is 0 Å². The van der Waals surface area contributed by atoms with E-state index in [1.54, 1.807) is 18.5 Å². The van der Waals surface area contributed by atoms with Gasteiger partial charge in [-0.15, -0.1) is 0 Å². The van der Waals surface area contributed by atoms with E-state index < -0.39 is 6.23 Å². The van der Waals surface area contributed by atoms with Gasteiger partial charge in [0.1, 0.15) is 6.23 Å². The number of carbonyl (C=O) groups is 1. The van der Waals surface area contributed by atoms with Crippen LogP contribution in [0.4, 0.5) is 17.1 Å². The lowest BCUT2D eigenvalue weighted by Gasteiger charge is -2.17. The van der Waals surface area contributed by atoms with Crippen molar-refractivity contribution in [2.24, 2.45) is 5.92 Å². The number of pyridine rings is 2. The summed E-state index contributed by atoms with van der Waals surface area (Å²) >= 11 is 0. The Morgan fingerprint density at radius 3 is 2.71 bits per heavy atom. The number of aromatic amines is 1. The Morgan fingerprint density at radius 1 is 1.03 bits per heavy atom. The van der Waals surface area contributed by atoms with Gasteiger partial charge in [0.05, 0.1) is 35.0 Å². The van der Waals surface area contributed by atoms with Crippen molar-refractivity contribution in [2.45, 2.75) is 31.9 Å². The van der Waals surface area contributed by atoms with Crippen molar-refractivity contribution in [1.29, 1.82) is 0 Å². The lowest BCUT2D eigenvalue weighted by Crippen LogP contribution is -2.22. The minimum atomic E-state index is -0.647. The Kier molecular flexibility index (Phi) is 5.54. The van der Waals surface area contributed by atoms with Gasteiger partial charge < -0.3 is 20.6 Å². The van der Waals surface area contributed by atoms with Crippen molar-refractivity contribution in [2.75, 3.05) is 28.6 Å². The summed E-state index contributed by atoms with van der Waals surface area (Å²) in [7, 11) is 0. The Bertz CT molecular complexity index is 1380. The summed E-state index contributed by atoms with van der Waals surface area (Å²) in [5, 5.41) is 24.2. The fourth-order valence-corrected chi connectivity index (χ4v) is 4.59. The molecule has 1 unspecified atom stereocenters. The minimum absolute atomic E-state index is 0.249. The molecule has 178 valence electrons. The third-order valence-electron chi connectivity index (χ3n) is 6.75. The summed E-state index contributed by atoms with van der Waals surface area (Å²) in [6.07, 6.45) is 10.7. The van der Waals surface area contributed by atoms with Gasteiger partial charge in [-0.05, 0) is 55.5 Å². The zero-order valence-electron chi connectivity index (χ0n) is 19.2. The minimum Gasteiger partial charge on any atom is -0.374 e. The molecule has 6 rings (SSSR count). The van der Waals surface area contributed by atoms with Crippen LogP contribution in [0.1, 0.15) is 36.2 Å². The molecule has 1 aliphatic carbocycles. The summed E-state index contributed by atoms with van der Waals surface area (Å²) in [5.74, 6) is -0.104. The van der Waals surface area contributed by atoms with Crippen molar-refractivity contribution in [3.8, 4) is 11.1 Å². The van der Waals surface area contributed by atoms with Crippen LogP contribution in [0, 0.1) is 5.92 Å². The van der Waals surface area contributed by atoms with E-state index in [2.05, 4.69) is 41.8 Å². The molecular weight excluding hydrogens is 442 g/mol. The number of H-pyrrole nitrogens is 1. The Labute approximate surface area is 202 Å². The van der Waals surface area contributed by atoms with Gasteiger partial charge in [0, 0.05) is 42.4 Å². The van der Waals surface area contributed by atoms with Crippen LogP contribution >= 0.6 is 0 Å². The van der Waals surface area contributed by atoms with E-state index in [1.807, 2.05) is 30.6 Å². The van der Waals surface area contributed by atoms with Crippen LogP contribution in [-0.4, -0.2) is 50.5 Å². The number of hydrogen-bond acceptors (Lipinski definition) is 7. The van der Waals surface area contributed by atoms with E-state index in [0.29, 0.717) is 17.1 Å². The molecule has 1 atom stereocenters. The van der Waals surface area contributed by atoms with Crippen LogP contribution in [0.25, 0.3) is 22.0 Å². The SMILES string of the molecule is O=C(Nc1cnccc1NC(O)C1CC1)c1n[nH]c2ccc(-c3cncc(N4CCCC4)c3)cc12. The molecule has 2 fully saturated rings. The Balaban J connectivity index is 1.27. The predicted molar refractivity (Wildman–Crippen MR) is 135 cm³/mol. The molecule has 1 saturated heterocycles. The van der Waals surface area contributed by atoms with E-state index in [1.165, 1.54) is 12.8 Å². The zero-order valence-corrected chi connectivity index (χ0v) is 19.2. The molecule has 4 N–H and O–H groups in total. The molecule has 1 aromatic carbocycles. The fourth-order valence-electron chi connectivity index (χ4n) is 4.59. The van der Waals surface area contributed by atoms with Crippen LogP contribution in [-0.2, 0) is 0 Å². The van der Waals surface area contributed by atoms with E-state index in [4.69, 9.17) is 0 Å². The molecule has 0 radical (unpaired) electrons. The molecular formula is C26H27N7O2. The topological polar surface area (TPSA) is 119 Å². The molecule has 0 bridgehead atoms. The number of aromatic nitrogens is 4. The number of fused-ring (bicyclic) bond motifs is 1. The third kappa shape index (κ3) is 4.42. The van der Waals surface area contributed by atoms with Gasteiger partial charge in [-0.25, -0.2) is 0 Å². The molecule has 1 saturated carbocycles. The summed E-state index contributed by atoms with van der Waals surface area (Å²) < 4.78 is 0. The fraction of sp³-hybridized carbons (Fsp3) is 0.308. The van der Waals surface area contributed by atoms with Crippen molar-refractivity contribution in [3.05, 3.63) is 60.8 Å². The monoisotopic (exact) mass is 469 g/mol.